The zero-order valence-electron chi connectivity index (χ0n) is 32.9. The average molecular weight is 748 g/mol. The Morgan fingerprint density at radius 3 is 2.09 bits per heavy atom. The van der Waals surface area contributed by atoms with E-state index in [9.17, 15) is 0 Å². The van der Waals surface area contributed by atoms with Crippen LogP contribution in [-0.4, -0.2) is 24.1 Å². The number of hydrogen-bond acceptors (Lipinski definition) is 3. The van der Waals surface area contributed by atoms with E-state index < -0.39 is 0 Å². The Morgan fingerprint density at radius 2 is 1.31 bits per heavy atom. The van der Waals surface area contributed by atoms with Gasteiger partial charge in [-0.3, -0.25) is 9.55 Å². The van der Waals surface area contributed by atoms with Crippen molar-refractivity contribution in [2.75, 3.05) is 0 Å². The molecule has 5 heteroatoms. The van der Waals surface area contributed by atoms with Crippen LogP contribution in [-0.2, 0) is 5.41 Å². The molecule has 0 saturated carbocycles. The van der Waals surface area contributed by atoms with Crippen molar-refractivity contribution in [3.63, 3.8) is 0 Å². The lowest BCUT2D eigenvalue weighted by Gasteiger charge is -2.25. The standard InChI is InChI=1S/C53H41N5/c1-32-11-10-14-38(27-32)57-45-17-8-6-15-39(45)42-29-37(20-22-47(42)57)51-55-50-41-21-19-36(33-23-25-54-26-24-33)30-44(41)53(2,3)49(50)52(56-51)58-46-18-9-7-16-40(46)43-28-34-12-4-5-13-35(34)31-48(43)58/h6-26,28-32H,4-5,27H2,1-3H3. The van der Waals surface area contributed by atoms with Crippen LogP contribution in [0.15, 0.2) is 140 Å². The van der Waals surface area contributed by atoms with Crippen LogP contribution in [0.2, 0.25) is 0 Å². The molecule has 1 unspecified atom stereocenters. The van der Waals surface area contributed by atoms with Crippen molar-refractivity contribution in [1.29, 1.82) is 0 Å². The second-order valence-electron chi connectivity index (χ2n) is 16.9. The molecule has 1 atom stereocenters. The number of nitrogens with zero attached hydrogens (tertiary/aromatic N) is 5. The zero-order chi connectivity index (χ0) is 38.7. The largest absolute Gasteiger partial charge is 0.313 e. The number of benzene rings is 5. The first-order valence-electron chi connectivity index (χ1n) is 20.6. The second-order valence-corrected chi connectivity index (χ2v) is 16.9. The lowest BCUT2D eigenvalue weighted by Crippen LogP contribution is -2.26. The topological polar surface area (TPSA) is 48.5 Å². The smallest absolute Gasteiger partial charge is 0.162 e. The van der Waals surface area contributed by atoms with Crippen LogP contribution in [0.25, 0.3) is 101 Å². The van der Waals surface area contributed by atoms with Crippen molar-refractivity contribution >= 4 is 61.5 Å². The molecule has 5 nitrogen and oxygen atoms in total. The van der Waals surface area contributed by atoms with Crippen molar-refractivity contribution in [3.8, 4) is 39.6 Å². The molecule has 12 rings (SSSR count). The fraction of sp³-hybridized carbons (Fsp3) is 0.151. The number of hydrogen-bond donors (Lipinski definition) is 0. The highest BCUT2D eigenvalue weighted by atomic mass is 15.1. The molecule has 3 aliphatic rings. The van der Waals surface area contributed by atoms with Crippen molar-refractivity contribution < 1.29 is 0 Å². The molecular formula is C53H41N5. The van der Waals surface area contributed by atoms with Crippen LogP contribution < -0.4 is 10.4 Å². The molecule has 5 aromatic carbocycles. The van der Waals surface area contributed by atoms with E-state index in [-0.39, 0.29) is 5.41 Å². The fourth-order valence-corrected chi connectivity index (χ4v) is 10.2. The second kappa shape index (κ2) is 12.3. The average Bonchev–Trinajstić information content (AvgIpc) is 3.85. The summed E-state index contributed by atoms with van der Waals surface area (Å²) in [4.78, 5) is 15.6. The van der Waals surface area contributed by atoms with E-state index in [0.29, 0.717) is 5.92 Å². The minimum Gasteiger partial charge on any atom is -0.313 e. The highest BCUT2D eigenvalue weighted by Gasteiger charge is 2.41. The molecule has 278 valence electrons. The molecule has 0 spiro atoms. The third-order valence-corrected chi connectivity index (χ3v) is 12.9. The summed E-state index contributed by atoms with van der Waals surface area (Å²) in [7, 11) is 0. The van der Waals surface area contributed by atoms with Gasteiger partial charge in [-0.1, -0.05) is 93.6 Å². The van der Waals surface area contributed by atoms with Crippen molar-refractivity contribution in [2.24, 2.45) is 5.92 Å². The minimum absolute atomic E-state index is 0.385. The third-order valence-electron chi connectivity index (χ3n) is 12.9. The van der Waals surface area contributed by atoms with Crippen molar-refractivity contribution in [3.05, 3.63) is 161 Å². The lowest BCUT2D eigenvalue weighted by atomic mass is 9.81. The fourth-order valence-electron chi connectivity index (χ4n) is 10.2. The van der Waals surface area contributed by atoms with E-state index in [1.165, 1.54) is 65.4 Å². The Morgan fingerprint density at radius 1 is 0.621 bits per heavy atom. The first-order valence-corrected chi connectivity index (χ1v) is 20.6. The van der Waals surface area contributed by atoms with Gasteiger partial charge in [0.1, 0.15) is 5.82 Å². The monoisotopic (exact) mass is 747 g/mol. The molecule has 0 radical (unpaired) electrons. The number of para-hydroxylation sites is 2. The summed E-state index contributed by atoms with van der Waals surface area (Å²) in [5.74, 6) is 2.16. The predicted molar refractivity (Wildman–Crippen MR) is 240 cm³/mol. The van der Waals surface area contributed by atoms with Crippen LogP contribution in [0, 0.1) is 5.92 Å². The van der Waals surface area contributed by atoms with Crippen LogP contribution in [0.1, 0.15) is 51.2 Å². The maximum Gasteiger partial charge on any atom is 0.162 e. The summed E-state index contributed by atoms with van der Waals surface area (Å²) in [5, 5.41) is 7.53. The Labute approximate surface area is 336 Å². The van der Waals surface area contributed by atoms with Gasteiger partial charge in [0.15, 0.2) is 5.82 Å². The van der Waals surface area contributed by atoms with E-state index in [2.05, 4.69) is 174 Å². The first kappa shape index (κ1) is 33.3. The summed E-state index contributed by atoms with van der Waals surface area (Å²) in [6, 6.07) is 40.3. The Hall–Kier alpha value is -6.85. The van der Waals surface area contributed by atoms with Gasteiger partial charge in [-0.2, -0.15) is 0 Å². The molecule has 0 aliphatic heterocycles. The van der Waals surface area contributed by atoms with Gasteiger partial charge in [0.05, 0.1) is 27.8 Å². The molecule has 9 aromatic rings. The van der Waals surface area contributed by atoms with E-state index in [4.69, 9.17) is 9.97 Å². The van der Waals surface area contributed by atoms with Gasteiger partial charge in [-0.15, -0.1) is 0 Å². The number of rotatable bonds is 4. The maximum atomic E-state index is 5.72. The third kappa shape index (κ3) is 4.80. The zero-order valence-corrected chi connectivity index (χ0v) is 32.9. The van der Waals surface area contributed by atoms with Gasteiger partial charge in [-0.05, 0) is 119 Å². The van der Waals surface area contributed by atoms with Gasteiger partial charge >= 0.3 is 0 Å². The normalized spacial score (nSPS) is 16.6. The molecule has 4 aromatic heterocycles. The van der Waals surface area contributed by atoms with Crippen molar-refractivity contribution in [2.45, 2.75) is 45.4 Å². The molecule has 58 heavy (non-hydrogen) atoms. The quantitative estimate of drug-likeness (QED) is 0.180. The minimum atomic E-state index is -0.385. The maximum absolute atomic E-state index is 5.72. The van der Waals surface area contributed by atoms with E-state index in [1.807, 2.05) is 12.4 Å². The molecule has 0 saturated heterocycles. The SMILES string of the molecule is CC1C=CC=C(n2c3ccccc3c3cc(-c4nc5c(c(-n6c7ccccc7c7cc8c(cc76)=CCCC=8)n4)C(C)(C)c4cc(-c6ccncc6)ccc4-5)ccc32)C1. The summed E-state index contributed by atoms with van der Waals surface area (Å²) in [5.41, 5.74) is 13.6. The van der Waals surface area contributed by atoms with Gasteiger partial charge in [0.25, 0.3) is 0 Å². The molecule has 0 bridgehead atoms. The predicted octanol–water partition coefficient (Wildman–Crippen LogP) is 11.5. The highest BCUT2D eigenvalue weighted by Crippen LogP contribution is 2.52. The van der Waals surface area contributed by atoms with E-state index >= 15 is 0 Å². The highest BCUT2D eigenvalue weighted by molar-refractivity contribution is 6.12. The van der Waals surface area contributed by atoms with Crippen LogP contribution in [0.3, 0.4) is 0 Å². The van der Waals surface area contributed by atoms with E-state index in [0.717, 1.165) is 64.4 Å². The number of pyridine rings is 1. The van der Waals surface area contributed by atoms with Crippen LogP contribution in [0.4, 0.5) is 0 Å². The Balaban J connectivity index is 1.16. The number of fused-ring (bicyclic) bond motifs is 10. The Bertz CT molecular complexity index is 3410. The summed E-state index contributed by atoms with van der Waals surface area (Å²) in [6.07, 6.45) is 18.4. The summed E-state index contributed by atoms with van der Waals surface area (Å²) >= 11 is 0. The first-order chi connectivity index (χ1) is 28.4. The van der Waals surface area contributed by atoms with E-state index in [1.54, 1.807) is 0 Å². The molecule has 0 N–H and O–H groups in total. The van der Waals surface area contributed by atoms with Gasteiger partial charge in [-0.25, -0.2) is 9.97 Å². The number of allylic oxidation sites excluding steroid dienone is 4. The van der Waals surface area contributed by atoms with Gasteiger partial charge in [0.2, 0.25) is 0 Å². The van der Waals surface area contributed by atoms with Gasteiger partial charge in [0, 0.05) is 61.7 Å². The molecule has 4 heterocycles. The van der Waals surface area contributed by atoms with Crippen LogP contribution >= 0.6 is 0 Å². The lowest BCUT2D eigenvalue weighted by molar-refractivity contribution is 0.650. The summed E-state index contributed by atoms with van der Waals surface area (Å²) in [6.45, 7) is 6.98. The molecule has 0 fully saturated rings. The molecule has 0 amide bonds. The molecular weight excluding hydrogens is 707 g/mol. The van der Waals surface area contributed by atoms with Crippen molar-refractivity contribution in [1.82, 2.24) is 24.1 Å². The molecule has 3 aliphatic carbocycles. The van der Waals surface area contributed by atoms with Crippen LogP contribution in [0.5, 0.6) is 0 Å². The van der Waals surface area contributed by atoms with Gasteiger partial charge < -0.3 is 4.57 Å². The number of aromatic nitrogens is 5. The Kier molecular flexibility index (Phi) is 7.08. The summed E-state index contributed by atoms with van der Waals surface area (Å²) < 4.78 is 4.89.